The Kier molecular flexibility index (Phi) is 6.16. The second-order valence-corrected chi connectivity index (χ2v) is 4.93. The first-order valence-electron chi connectivity index (χ1n) is 6.20. The van der Waals surface area contributed by atoms with Crippen LogP contribution in [0.5, 0.6) is 0 Å². The Morgan fingerprint density at radius 2 is 2.06 bits per heavy atom. The minimum Gasteiger partial charge on any atom is -0.396 e. The van der Waals surface area contributed by atoms with Crippen molar-refractivity contribution in [2.45, 2.75) is 32.7 Å². The summed E-state index contributed by atoms with van der Waals surface area (Å²) in [6, 6.07) is 7.51. The van der Waals surface area contributed by atoms with Gasteiger partial charge in [-0.25, -0.2) is 0 Å². The van der Waals surface area contributed by atoms with Crippen molar-refractivity contribution in [3.63, 3.8) is 0 Å². The standard InChI is InChI=1S/C14H20ClNO2/c1-11(2)16(8-5-9-17)14(18)10-12-6-3-4-7-13(12)15/h3-4,6-7,11,17H,5,8-10H2,1-2H3. The van der Waals surface area contributed by atoms with E-state index in [2.05, 4.69) is 0 Å². The molecule has 0 saturated carbocycles. The van der Waals surface area contributed by atoms with Gasteiger partial charge in [-0.1, -0.05) is 29.8 Å². The summed E-state index contributed by atoms with van der Waals surface area (Å²) in [5, 5.41) is 9.48. The molecule has 100 valence electrons. The van der Waals surface area contributed by atoms with E-state index in [0.717, 1.165) is 5.56 Å². The summed E-state index contributed by atoms with van der Waals surface area (Å²) in [6.45, 7) is 4.63. The third kappa shape index (κ3) is 4.31. The van der Waals surface area contributed by atoms with Gasteiger partial charge in [0.05, 0.1) is 6.42 Å². The average molecular weight is 270 g/mol. The first-order valence-corrected chi connectivity index (χ1v) is 6.57. The molecule has 0 spiro atoms. The first-order chi connectivity index (χ1) is 8.56. The molecule has 18 heavy (non-hydrogen) atoms. The fourth-order valence-corrected chi connectivity index (χ4v) is 2.02. The molecule has 3 nitrogen and oxygen atoms in total. The molecule has 4 heteroatoms. The SMILES string of the molecule is CC(C)N(CCCO)C(=O)Cc1ccccc1Cl. The van der Waals surface area contributed by atoms with E-state index >= 15 is 0 Å². The van der Waals surface area contributed by atoms with E-state index in [1.807, 2.05) is 32.0 Å². The molecule has 0 bridgehead atoms. The number of hydrogen-bond acceptors (Lipinski definition) is 2. The van der Waals surface area contributed by atoms with Crippen molar-refractivity contribution in [1.29, 1.82) is 0 Å². The molecule has 0 atom stereocenters. The zero-order valence-electron chi connectivity index (χ0n) is 10.9. The lowest BCUT2D eigenvalue weighted by Gasteiger charge is -2.26. The van der Waals surface area contributed by atoms with Crippen LogP contribution < -0.4 is 0 Å². The van der Waals surface area contributed by atoms with Gasteiger partial charge in [-0.15, -0.1) is 0 Å². The van der Waals surface area contributed by atoms with Crippen LogP contribution in [-0.4, -0.2) is 35.1 Å². The number of rotatable bonds is 6. The van der Waals surface area contributed by atoms with Crippen molar-refractivity contribution in [3.05, 3.63) is 34.9 Å². The third-order valence-electron chi connectivity index (χ3n) is 2.80. The molecular weight excluding hydrogens is 250 g/mol. The van der Waals surface area contributed by atoms with E-state index in [9.17, 15) is 4.79 Å². The molecule has 1 aromatic rings. The number of aliphatic hydroxyl groups excluding tert-OH is 1. The van der Waals surface area contributed by atoms with Crippen LogP contribution in [0.4, 0.5) is 0 Å². The lowest BCUT2D eigenvalue weighted by atomic mass is 10.1. The van der Waals surface area contributed by atoms with Crippen LogP contribution in [0.3, 0.4) is 0 Å². The van der Waals surface area contributed by atoms with Gasteiger partial charge in [-0.3, -0.25) is 4.79 Å². The van der Waals surface area contributed by atoms with Crippen molar-refractivity contribution >= 4 is 17.5 Å². The van der Waals surface area contributed by atoms with Crippen LogP contribution in [0.1, 0.15) is 25.8 Å². The topological polar surface area (TPSA) is 40.5 Å². The number of carbonyl (C=O) groups is 1. The van der Waals surface area contributed by atoms with Gasteiger partial charge >= 0.3 is 0 Å². The minimum atomic E-state index is 0.0477. The molecule has 1 amide bonds. The van der Waals surface area contributed by atoms with Gasteiger partial charge in [0.25, 0.3) is 0 Å². The second-order valence-electron chi connectivity index (χ2n) is 4.53. The summed E-state index contributed by atoms with van der Waals surface area (Å²) >= 11 is 6.05. The number of hydrogen-bond donors (Lipinski definition) is 1. The summed E-state index contributed by atoms with van der Waals surface area (Å²) in [4.78, 5) is 14.0. The summed E-state index contributed by atoms with van der Waals surface area (Å²) in [5.74, 6) is 0.0477. The van der Waals surface area contributed by atoms with E-state index in [0.29, 0.717) is 24.4 Å². The fraction of sp³-hybridized carbons (Fsp3) is 0.500. The Morgan fingerprint density at radius 1 is 1.39 bits per heavy atom. The first kappa shape index (κ1) is 15.0. The third-order valence-corrected chi connectivity index (χ3v) is 3.17. The largest absolute Gasteiger partial charge is 0.396 e. The normalized spacial score (nSPS) is 10.7. The molecule has 0 aliphatic rings. The van der Waals surface area contributed by atoms with Gasteiger partial charge in [-0.2, -0.15) is 0 Å². The van der Waals surface area contributed by atoms with Crippen molar-refractivity contribution in [3.8, 4) is 0 Å². The van der Waals surface area contributed by atoms with E-state index in [-0.39, 0.29) is 18.6 Å². The van der Waals surface area contributed by atoms with Crippen molar-refractivity contribution in [2.75, 3.05) is 13.2 Å². The average Bonchev–Trinajstić information content (AvgIpc) is 2.32. The molecule has 0 fully saturated rings. The highest BCUT2D eigenvalue weighted by Crippen LogP contribution is 2.17. The Bertz CT molecular complexity index is 393. The number of benzene rings is 1. The molecule has 1 rings (SSSR count). The lowest BCUT2D eigenvalue weighted by Crippen LogP contribution is -2.39. The van der Waals surface area contributed by atoms with Crippen LogP contribution in [0, 0.1) is 0 Å². The van der Waals surface area contributed by atoms with Crippen LogP contribution in [0.15, 0.2) is 24.3 Å². The van der Waals surface area contributed by atoms with Crippen molar-refractivity contribution in [2.24, 2.45) is 0 Å². The predicted molar refractivity (Wildman–Crippen MR) is 73.7 cm³/mol. The maximum Gasteiger partial charge on any atom is 0.227 e. The quantitative estimate of drug-likeness (QED) is 0.862. The number of nitrogens with zero attached hydrogens (tertiary/aromatic N) is 1. The number of amides is 1. The molecular formula is C14H20ClNO2. The zero-order valence-corrected chi connectivity index (χ0v) is 11.7. The van der Waals surface area contributed by atoms with Gasteiger partial charge in [0.2, 0.25) is 5.91 Å². The van der Waals surface area contributed by atoms with E-state index in [1.54, 1.807) is 11.0 Å². The molecule has 0 heterocycles. The zero-order chi connectivity index (χ0) is 13.5. The van der Waals surface area contributed by atoms with Crippen molar-refractivity contribution < 1.29 is 9.90 Å². The van der Waals surface area contributed by atoms with Crippen molar-refractivity contribution in [1.82, 2.24) is 4.90 Å². The smallest absolute Gasteiger partial charge is 0.227 e. The van der Waals surface area contributed by atoms with Crippen LogP contribution in [0.25, 0.3) is 0 Å². The maximum absolute atomic E-state index is 12.2. The van der Waals surface area contributed by atoms with E-state index in [1.165, 1.54) is 0 Å². The highest BCUT2D eigenvalue weighted by molar-refractivity contribution is 6.31. The Morgan fingerprint density at radius 3 is 2.61 bits per heavy atom. The molecule has 1 aromatic carbocycles. The predicted octanol–water partition coefficient (Wildman–Crippen LogP) is 2.50. The molecule has 0 saturated heterocycles. The highest BCUT2D eigenvalue weighted by Gasteiger charge is 2.17. The molecule has 1 N–H and O–H groups in total. The highest BCUT2D eigenvalue weighted by atomic mass is 35.5. The van der Waals surface area contributed by atoms with Crippen LogP contribution in [0.2, 0.25) is 5.02 Å². The van der Waals surface area contributed by atoms with Gasteiger partial charge in [0.15, 0.2) is 0 Å². The van der Waals surface area contributed by atoms with Gasteiger partial charge < -0.3 is 10.0 Å². The summed E-state index contributed by atoms with van der Waals surface area (Å²) in [6.07, 6.45) is 0.912. The van der Waals surface area contributed by atoms with Gasteiger partial charge in [0, 0.05) is 24.2 Å². The Hall–Kier alpha value is -1.06. The minimum absolute atomic E-state index is 0.0477. The summed E-state index contributed by atoms with van der Waals surface area (Å²) < 4.78 is 0. The molecule has 0 unspecified atom stereocenters. The van der Waals surface area contributed by atoms with Crippen LogP contribution in [-0.2, 0) is 11.2 Å². The van der Waals surface area contributed by atoms with E-state index < -0.39 is 0 Å². The second kappa shape index (κ2) is 7.39. The summed E-state index contributed by atoms with van der Waals surface area (Å²) in [7, 11) is 0. The molecule has 0 aliphatic carbocycles. The van der Waals surface area contributed by atoms with Crippen LogP contribution >= 0.6 is 11.6 Å². The summed E-state index contributed by atoms with van der Waals surface area (Å²) in [5.41, 5.74) is 0.846. The Labute approximate surface area is 113 Å². The van der Waals surface area contributed by atoms with E-state index in [4.69, 9.17) is 16.7 Å². The monoisotopic (exact) mass is 269 g/mol. The number of carbonyl (C=O) groups excluding carboxylic acids is 1. The lowest BCUT2D eigenvalue weighted by molar-refractivity contribution is -0.132. The fourth-order valence-electron chi connectivity index (χ4n) is 1.82. The number of halogens is 1. The Balaban J connectivity index is 2.70. The molecule has 0 radical (unpaired) electrons. The van der Waals surface area contributed by atoms with Gasteiger partial charge in [-0.05, 0) is 31.9 Å². The number of aliphatic hydroxyl groups is 1. The molecule has 0 aromatic heterocycles. The van der Waals surface area contributed by atoms with Gasteiger partial charge in [0.1, 0.15) is 0 Å². The molecule has 0 aliphatic heterocycles. The maximum atomic E-state index is 12.2.